The van der Waals surface area contributed by atoms with Gasteiger partial charge in [0.05, 0.1) is 17.5 Å². The van der Waals surface area contributed by atoms with E-state index in [0.717, 1.165) is 22.2 Å². The fourth-order valence-electron chi connectivity index (χ4n) is 4.67. The molecule has 8 nitrogen and oxygen atoms in total. The lowest BCUT2D eigenvalue weighted by Gasteiger charge is -2.30. The largest absolute Gasteiger partial charge is 0.489 e. The highest BCUT2D eigenvalue weighted by Crippen LogP contribution is 2.30. The number of pyridine rings is 1. The molecule has 1 aliphatic rings. The fourth-order valence-corrected chi connectivity index (χ4v) is 4.67. The quantitative estimate of drug-likeness (QED) is 0.317. The average molecular weight is 463 g/mol. The van der Waals surface area contributed by atoms with Crippen LogP contribution in [-0.2, 0) is 11.4 Å². The summed E-state index contributed by atoms with van der Waals surface area (Å²) < 4.78 is 5.99. The summed E-state index contributed by atoms with van der Waals surface area (Å²) >= 11 is 0. The Hall–Kier alpha value is -3.49. The summed E-state index contributed by atoms with van der Waals surface area (Å²) in [6, 6.07) is 16.9. The van der Waals surface area contributed by atoms with Gasteiger partial charge in [0, 0.05) is 34.3 Å². The summed E-state index contributed by atoms with van der Waals surface area (Å²) in [5.41, 5.74) is 4.01. The predicted octanol–water partition coefficient (Wildman–Crippen LogP) is 3.26. The molecule has 2 amide bonds. The van der Waals surface area contributed by atoms with Crippen molar-refractivity contribution in [2.24, 2.45) is 0 Å². The molecule has 178 valence electrons. The Bertz CT molecular complexity index is 1210. The van der Waals surface area contributed by atoms with Crippen LogP contribution in [0, 0.1) is 6.92 Å². The molecule has 1 unspecified atom stereocenters. The molecule has 2 aromatic carbocycles. The van der Waals surface area contributed by atoms with Gasteiger partial charge in [-0.2, -0.15) is 0 Å². The summed E-state index contributed by atoms with van der Waals surface area (Å²) in [4.78, 5) is 29.4. The molecule has 0 spiro atoms. The number of nitrogens with one attached hydrogen (secondary N) is 3. The van der Waals surface area contributed by atoms with Crippen LogP contribution in [0.5, 0.6) is 5.75 Å². The van der Waals surface area contributed by atoms with Crippen molar-refractivity contribution in [2.45, 2.75) is 51.3 Å². The Kier molecular flexibility index (Phi) is 6.54. The molecule has 2 heterocycles. The third-order valence-electron chi connectivity index (χ3n) is 6.13. The number of carbonyl (C=O) groups is 2. The molecule has 1 aliphatic heterocycles. The minimum atomic E-state index is -0.789. The lowest BCUT2D eigenvalue weighted by Crippen LogP contribution is -2.52. The molecule has 1 atom stereocenters. The zero-order valence-corrected chi connectivity index (χ0v) is 19.6. The van der Waals surface area contributed by atoms with E-state index >= 15 is 0 Å². The molecule has 8 heteroatoms. The Labute approximate surface area is 198 Å². The van der Waals surface area contributed by atoms with Gasteiger partial charge < -0.3 is 15.4 Å². The zero-order chi connectivity index (χ0) is 24.3. The van der Waals surface area contributed by atoms with Gasteiger partial charge in [0.2, 0.25) is 5.91 Å². The molecule has 1 saturated heterocycles. The highest BCUT2D eigenvalue weighted by Gasteiger charge is 2.45. The van der Waals surface area contributed by atoms with E-state index in [-0.39, 0.29) is 17.9 Å². The molecular formula is C26H30N4O4. The van der Waals surface area contributed by atoms with Crippen LogP contribution >= 0.6 is 0 Å². The van der Waals surface area contributed by atoms with Crippen LogP contribution in [-0.4, -0.2) is 39.6 Å². The number of para-hydroxylation sites is 1. The smallest absolute Gasteiger partial charge is 0.251 e. The molecule has 4 rings (SSSR count). The molecule has 0 radical (unpaired) electrons. The minimum Gasteiger partial charge on any atom is -0.489 e. The van der Waals surface area contributed by atoms with Crippen LogP contribution in [0.2, 0.25) is 0 Å². The van der Waals surface area contributed by atoms with Crippen molar-refractivity contribution in [3.05, 3.63) is 71.4 Å². The van der Waals surface area contributed by atoms with Crippen LogP contribution < -0.4 is 20.9 Å². The van der Waals surface area contributed by atoms with Gasteiger partial charge in [-0.25, -0.2) is 5.48 Å². The number of hydrogen-bond acceptors (Lipinski definition) is 6. The first-order chi connectivity index (χ1) is 16.2. The number of carbonyl (C=O) groups excluding carboxylic acids is 2. The maximum absolute atomic E-state index is 13.0. The van der Waals surface area contributed by atoms with E-state index in [1.165, 1.54) is 0 Å². The van der Waals surface area contributed by atoms with Crippen LogP contribution in [0.4, 0.5) is 0 Å². The third-order valence-corrected chi connectivity index (χ3v) is 6.13. The molecular weight excluding hydrogens is 432 g/mol. The Balaban J connectivity index is 1.44. The normalized spacial score (nSPS) is 19.1. The lowest BCUT2D eigenvalue weighted by atomic mass is 9.86. The second-order valence-electron chi connectivity index (χ2n) is 9.61. The standard InChI is InChI=1S/C26H30N4O4/c1-17-12-19(21-6-4-5-7-22(21)28-17)14-34-20-10-8-18(9-11-20)24(32)29-26(13-23(31)30-33)15-25(2,3)27-16-26/h4-12,27,33H,13-16H2,1-3H3,(H,29,32)(H,30,31). The van der Waals surface area contributed by atoms with Gasteiger partial charge in [-0.1, -0.05) is 18.2 Å². The second-order valence-corrected chi connectivity index (χ2v) is 9.61. The van der Waals surface area contributed by atoms with Crippen molar-refractivity contribution < 1.29 is 19.5 Å². The number of hydrogen-bond donors (Lipinski definition) is 4. The number of nitrogens with zero attached hydrogens (tertiary/aromatic N) is 1. The molecule has 4 N–H and O–H groups in total. The second kappa shape index (κ2) is 9.40. The van der Waals surface area contributed by atoms with Gasteiger partial charge in [0.1, 0.15) is 12.4 Å². The van der Waals surface area contributed by atoms with Crippen molar-refractivity contribution in [3.8, 4) is 5.75 Å². The number of ether oxygens (including phenoxy) is 1. The molecule has 0 saturated carbocycles. The van der Waals surface area contributed by atoms with Crippen LogP contribution in [0.25, 0.3) is 10.9 Å². The van der Waals surface area contributed by atoms with Crippen molar-refractivity contribution in [3.63, 3.8) is 0 Å². The number of aryl methyl sites for hydroxylation is 1. The van der Waals surface area contributed by atoms with Gasteiger partial charge in [-0.15, -0.1) is 0 Å². The van der Waals surface area contributed by atoms with E-state index in [1.54, 1.807) is 29.7 Å². The van der Waals surface area contributed by atoms with Gasteiger partial charge in [0.25, 0.3) is 5.91 Å². The third kappa shape index (κ3) is 5.35. The first kappa shape index (κ1) is 23.7. The SMILES string of the molecule is Cc1cc(COc2ccc(C(=O)NC3(CC(=O)NO)CNC(C)(C)C3)cc2)c2ccccc2n1. The highest BCUT2D eigenvalue weighted by atomic mass is 16.5. The molecule has 1 fully saturated rings. The Morgan fingerprint density at radius 3 is 2.56 bits per heavy atom. The summed E-state index contributed by atoms with van der Waals surface area (Å²) in [6.07, 6.45) is 0.534. The highest BCUT2D eigenvalue weighted by molar-refractivity contribution is 5.95. The number of amides is 2. The maximum atomic E-state index is 13.0. The predicted molar refractivity (Wildman–Crippen MR) is 129 cm³/mol. The number of rotatable bonds is 7. The average Bonchev–Trinajstić information content (AvgIpc) is 3.11. The maximum Gasteiger partial charge on any atom is 0.251 e. The van der Waals surface area contributed by atoms with E-state index in [2.05, 4.69) is 15.6 Å². The molecule has 34 heavy (non-hydrogen) atoms. The Morgan fingerprint density at radius 1 is 1.15 bits per heavy atom. The van der Waals surface area contributed by atoms with Crippen molar-refractivity contribution in [1.29, 1.82) is 0 Å². The molecule has 0 aliphatic carbocycles. The van der Waals surface area contributed by atoms with E-state index in [0.29, 0.717) is 30.9 Å². The van der Waals surface area contributed by atoms with Crippen LogP contribution in [0.1, 0.15) is 48.3 Å². The zero-order valence-electron chi connectivity index (χ0n) is 19.6. The monoisotopic (exact) mass is 462 g/mol. The van der Waals surface area contributed by atoms with E-state index in [4.69, 9.17) is 9.94 Å². The number of fused-ring (bicyclic) bond motifs is 1. The summed E-state index contributed by atoms with van der Waals surface area (Å²) in [6.45, 7) is 6.80. The summed E-state index contributed by atoms with van der Waals surface area (Å²) in [7, 11) is 0. The van der Waals surface area contributed by atoms with Gasteiger partial charge >= 0.3 is 0 Å². The van der Waals surface area contributed by atoms with E-state index < -0.39 is 11.4 Å². The summed E-state index contributed by atoms with van der Waals surface area (Å²) in [5.74, 6) is -0.178. The van der Waals surface area contributed by atoms with Crippen molar-refractivity contribution >= 4 is 22.7 Å². The van der Waals surface area contributed by atoms with Crippen molar-refractivity contribution in [1.82, 2.24) is 21.1 Å². The van der Waals surface area contributed by atoms with E-state index in [1.807, 2.05) is 51.1 Å². The number of hydroxylamine groups is 1. The van der Waals surface area contributed by atoms with Crippen molar-refractivity contribution in [2.75, 3.05) is 6.54 Å². The number of benzene rings is 2. The van der Waals surface area contributed by atoms with Gasteiger partial charge in [0.15, 0.2) is 0 Å². The molecule has 3 aromatic rings. The lowest BCUT2D eigenvalue weighted by molar-refractivity contribution is -0.130. The first-order valence-corrected chi connectivity index (χ1v) is 11.3. The number of aromatic nitrogens is 1. The summed E-state index contributed by atoms with van der Waals surface area (Å²) in [5, 5.41) is 16.4. The van der Waals surface area contributed by atoms with Gasteiger partial charge in [-0.05, 0) is 63.6 Å². The van der Waals surface area contributed by atoms with E-state index in [9.17, 15) is 9.59 Å². The minimum absolute atomic E-state index is 0.0217. The topological polar surface area (TPSA) is 113 Å². The van der Waals surface area contributed by atoms with Gasteiger partial charge in [-0.3, -0.25) is 19.8 Å². The Morgan fingerprint density at radius 2 is 1.88 bits per heavy atom. The van der Waals surface area contributed by atoms with Crippen LogP contribution in [0.3, 0.4) is 0 Å². The molecule has 1 aromatic heterocycles. The molecule has 0 bridgehead atoms. The van der Waals surface area contributed by atoms with Crippen LogP contribution in [0.15, 0.2) is 54.6 Å². The fraction of sp³-hybridized carbons (Fsp3) is 0.346. The first-order valence-electron chi connectivity index (χ1n) is 11.3.